The maximum Gasteiger partial charge on any atom is 0.303 e. The Labute approximate surface area is 63.3 Å². The Morgan fingerprint density at radius 2 is 1.70 bits per heavy atom. The van der Waals surface area contributed by atoms with Crippen molar-refractivity contribution in [1.29, 1.82) is 0 Å². The van der Waals surface area contributed by atoms with Crippen LogP contribution in [0.5, 0.6) is 0 Å². The summed E-state index contributed by atoms with van der Waals surface area (Å²) in [5, 5.41) is 7.91. The number of hydrogen-bond acceptors (Lipinski definition) is 1. The summed E-state index contributed by atoms with van der Waals surface area (Å²) < 4.78 is 0. The van der Waals surface area contributed by atoms with Crippen molar-refractivity contribution in [3.05, 3.63) is 0 Å². The molecule has 2 heteroatoms. The van der Waals surface area contributed by atoms with Gasteiger partial charge in [-0.1, -0.05) is 27.7 Å². The van der Waals surface area contributed by atoms with Crippen LogP contribution >= 0.6 is 0 Å². The van der Waals surface area contributed by atoms with Crippen LogP contribution in [0.3, 0.4) is 0 Å². The average molecular weight is 146 g/mol. The Hall–Kier alpha value is -0.530. The van der Waals surface area contributed by atoms with E-state index < -0.39 is 5.97 Å². The molecule has 0 fully saturated rings. The van der Waals surface area contributed by atoms with Crippen molar-refractivity contribution < 1.29 is 9.90 Å². The molecule has 0 saturated carbocycles. The third-order valence-electron chi connectivity index (χ3n) is 0.464. The van der Waals surface area contributed by atoms with Gasteiger partial charge in [0.05, 0.1) is 0 Å². The van der Waals surface area contributed by atoms with Gasteiger partial charge in [0.2, 0.25) is 0 Å². The average Bonchev–Trinajstić information content (AvgIpc) is 1.62. The second-order valence-electron chi connectivity index (χ2n) is 2.88. The van der Waals surface area contributed by atoms with Gasteiger partial charge in [0.1, 0.15) is 0 Å². The van der Waals surface area contributed by atoms with Crippen LogP contribution in [0.25, 0.3) is 0 Å². The lowest BCUT2D eigenvalue weighted by atomic mass is 10.3. The number of hydrogen-bond donors (Lipinski definition) is 1. The Morgan fingerprint density at radius 3 is 1.70 bits per heavy atom. The van der Waals surface area contributed by atoms with E-state index >= 15 is 0 Å². The molecule has 0 aromatic carbocycles. The van der Waals surface area contributed by atoms with Gasteiger partial charge in [0.25, 0.3) is 0 Å². The molecule has 0 aliphatic heterocycles. The van der Waals surface area contributed by atoms with E-state index in [4.69, 9.17) is 5.11 Å². The van der Waals surface area contributed by atoms with Gasteiger partial charge in [-0.2, -0.15) is 0 Å². The maximum atomic E-state index is 9.60. The lowest BCUT2D eigenvalue weighted by Crippen LogP contribution is -1.90. The molecule has 0 atom stereocenters. The monoisotopic (exact) mass is 146 g/mol. The molecular weight excluding hydrogens is 128 g/mol. The molecule has 0 bridgehead atoms. The van der Waals surface area contributed by atoms with E-state index in [1.54, 1.807) is 0 Å². The molecule has 0 radical (unpaired) electrons. The smallest absolute Gasteiger partial charge is 0.303 e. The highest BCUT2D eigenvalue weighted by Gasteiger charge is 1.87. The van der Waals surface area contributed by atoms with E-state index in [-0.39, 0.29) is 0 Å². The van der Waals surface area contributed by atoms with Crippen LogP contribution < -0.4 is 0 Å². The van der Waals surface area contributed by atoms with Crippen LogP contribution in [0.15, 0.2) is 0 Å². The predicted molar refractivity (Wildman–Crippen MR) is 43.1 cm³/mol. The molecule has 0 amide bonds. The van der Waals surface area contributed by atoms with Crippen molar-refractivity contribution in [3.63, 3.8) is 0 Å². The van der Waals surface area contributed by atoms with E-state index in [0.29, 0.717) is 6.42 Å². The zero-order valence-corrected chi connectivity index (χ0v) is 7.35. The van der Waals surface area contributed by atoms with Crippen LogP contribution in [0.4, 0.5) is 0 Å². The van der Waals surface area contributed by atoms with Crippen molar-refractivity contribution >= 4 is 5.97 Å². The highest BCUT2D eigenvalue weighted by Crippen LogP contribution is 1.82. The third kappa shape index (κ3) is 51.3. The fraction of sp³-hybridized carbons (Fsp3) is 0.875. The number of carboxylic acids is 1. The van der Waals surface area contributed by atoms with Crippen LogP contribution in [0.1, 0.15) is 40.5 Å². The number of rotatable bonds is 2. The summed E-state index contributed by atoms with van der Waals surface area (Å²) in [6.45, 7) is 8.34. The first kappa shape index (κ1) is 12.2. The molecule has 0 aromatic heterocycles. The first-order valence-electron chi connectivity index (χ1n) is 3.72. The zero-order chi connectivity index (χ0) is 8.57. The van der Waals surface area contributed by atoms with Crippen molar-refractivity contribution in [3.8, 4) is 0 Å². The summed E-state index contributed by atoms with van der Waals surface area (Å²) in [4.78, 5) is 9.60. The molecular formula is C8H18O2. The molecule has 10 heavy (non-hydrogen) atoms. The topological polar surface area (TPSA) is 37.3 Å². The van der Waals surface area contributed by atoms with E-state index in [2.05, 4.69) is 20.8 Å². The summed E-state index contributed by atoms with van der Waals surface area (Å²) in [5.74, 6) is 0.123. The van der Waals surface area contributed by atoms with Gasteiger partial charge in [-0.05, 0) is 12.3 Å². The highest BCUT2D eigenvalue weighted by molar-refractivity contribution is 5.66. The number of carbonyl (C=O) groups is 1. The SMILES string of the molecule is CC(C)C.CCCC(=O)O. The van der Waals surface area contributed by atoms with Gasteiger partial charge in [0.15, 0.2) is 0 Å². The van der Waals surface area contributed by atoms with Crippen molar-refractivity contribution in [2.45, 2.75) is 40.5 Å². The van der Waals surface area contributed by atoms with Crippen LogP contribution in [0, 0.1) is 5.92 Å². The molecule has 0 aliphatic rings. The fourth-order valence-corrected chi connectivity index (χ4v) is 0.214. The minimum absolute atomic E-state index is 0.292. The van der Waals surface area contributed by atoms with E-state index in [9.17, 15) is 4.79 Å². The first-order chi connectivity index (χ1) is 4.50. The molecule has 0 aromatic rings. The molecule has 0 spiro atoms. The van der Waals surface area contributed by atoms with Crippen molar-refractivity contribution in [2.75, 3.05) is 0 Å². The Balaban J connectivity index is 0. The second-order valence-corrected chi connectivity index (χ2v) is 2.88. The lowest BCUT2D eigenvalue weighted by molar-refractivity contribution is -0.137. The summed E-state index contributed by atoms with van der Waals surface area (Å²) in [6.07, 6.45) is 1.02. The summed E-state index contributed by atoms with van der Waals surface area (Å²) >= 11 is 0. The Kier molecular flexibility index (Phi) is 10.3. The molecule has 0 heterocycles. The van der Waals surface area contributed by atoms with Gasteiger partial charge in [-0.3, -0.25) is 4.79 Å². The maximum absolute atomic E-state index is 9.60. The summed E-state index contributed by atoms with van der Waals surface area (Å²) in [5.41, 5.74) is 0. The normalized spacial score (nSPS) is 8.50. The number of carboxylic acid groups (broad SMARTS) is 1. The van der Waals surface area contributed by atoms with Crippen molar-refractivity contribution in [1.82, 2.24) is 0 Å². The lowest BCUT2D eigenvalue weighted by Gasteiger charge is -1.79. The first-order valence-corrected chi connectivity index (χ1v) is 3.72. The van der Waals surface area contributed by atoms with Crippen molar-refractivity contribution in [2.24, 2.45) is 5.92 Å². The van der Waals surface area contributed by atoms with E-state index in [1.165, 1.54) is 0 Å². The fourth-order valence-electron chi connectivity index (χ4n) is 0.214. The van der Waals surface area contributed by atoms with Crippen LogP contribution in [-0.4, -0.2) is 11.1 Å². The standard InChI is InChI=1S/C4H8O2.C4H10/c1-2-3-4(5)6;1-4(2)3/h2-3H2,1H3,(H,5,6);4H,1-3H3. The van der Waals surface area contributed by atoms with Gasteiger partial charge < -0.3 is 5.11 Å². The van der Waals surface area contributed by atoms with E-state index in [0.717, 1.165) is 12.3 Å². The second kappa shape index (κ2) is 8.47. The molecule has 0 saturated heterocycles. The third-order valence-corrected chi connectivity index (χ3v) is 0.464. The Morgan fingerprint density at radius 1 is 1.40 bits per heavy atom. The molecule has 0 aliphatic carbocycles. The molecule has 0 rings (SSSR count). The number of aliphatic carboxylic acids is 1. The summed E-state index contributed by atoms with van der Waals surface area (Å²) in [6, 6.07) is 0. The molecule has 62 valence electrons. The van der Waals surface area contributed by atoms with Gasteiger partial charge >= 0.3 is 5.97 Å². The molecule has 0 unspecified atom stereocenters. The minimum Gasteiger partial charge on any atom is -0.481 e. The molecule has 1 N–H and O–H groups in total. The Bertz CT molecular complexity index is 74.6. The van der Waals surface area contributed by atoms with Gasteiger partial charge in [0, 0.05) is 6.42 Å². The van der Waals surface area contributed by atoms with E-state index in [1.807, 2.05) is 6.92 Å². The van der Waals surface area contributed by atoms with Crippen LogP contribution in [-0.2, 0) is 4.79 Å². The quantitative estimate of drug-likeness (QED) is 0.650. The molecule has 2 nitrogen and oxygen atoms in total. The summed E-state index contributed by atoms with van der Waals surface area (Å²) in [7, 11) is 0. The zero-order valence-electron chi connectivity index (χ0n) is 7.35. The van der Waals surface area contributed by atoms with Gasteiger partial charge in [-0.25, -0.2) is 0 Å². The van der Waals surface area contributed by atoms with Gasteiger partial charge in [-0.15, -0.1) is 0 Å². The predicted octanol–water partition coefficient (Wildman–Crippen LogP) is 2.53. The largest absolute Gasteiger partial charge is 0.481 e. The minimum atomic E-state index is -0.711. The van der Waals surface area contributed by atoms with Crippen LogP contribution in [0.2, 0.25) is 0 Å². The highest BCUT2D eigenvalue weighted by atomic mass is 16.4.